The Kier molecular flexibility index (Phi) is 0.900. The van der Waals surface area contributed by atoms with Crippen molar-refractivity contribution in [3.8, 4) is 0 Å². The lowest BCUT2D eigenvalue weighted by molar-refractivity contribution is -0.123. The molecular formula is C5H6F2O. The molecule has 0 N–H and O–H groups in total. The van der Waals surface area contributed by atoms with E-state index in [1.807, 2.05) is 0 Å². The van der Waals surface area contributed by atoms with Crippen LogP contribution in [0.5, 0.6) is 0 Å². The van der Waals surface area contributed by atoms with Gasteiger partial charge in [0, 0.05) is 6.42 Å². The van der Waals surface area contributed by atoms with Gasteiger partial charge in [-0.2, -0.15) is 0 Å². The summed E-state index contributed by atoms with van der Waals surface area (Å²) < 4.78 is 24.1. The fraction of sp³-hybridized carbons (Fsp3) is 0.800. The van der Waals surface area contributed by atoms with Crippen LogP contribution in [0.25, 0.3) is 0 Å². The van der Waals surface area contributed by atoms with Gasteiger partial charge < -0.3 is 0 Å². The van der Waals surface area contributed by atoms with Gasteiger partial charge in [0.05, 0.1) is 0 Å². The van der Waals surface area contributed by atoms with E-state index in [1.165, 1.54) is 0 Å². The first-order chi connectivity index (χ1) is 3.57. The van der Waals surface area contributed by atoms with Crippen LogP contribution in [0.1, 0.15) is 13.3 Å². The predicted molar refractivity (Wildman–Crippen MR) is 24.0 cm³/mol. The monoisotopic (exact) mass is 120 g/mol. The average Bonchev–Trinajstić information content (AvgIpc) is 2.17. The van der Waals surface area contributed by atoms with Crippen molar-refractivity contribution in [2.24, 2.45) is 0 Å². The molecule has 1 rings (SSSR count). The van der Waals surface area contributed by atoms with Crippen molar-refractivity contribution in [1.82, 2.24) is 0 Å². The number of carbonyl (C=O) groups is 1. The number of Topliss-reactive ketones (excluding diaryl/α,β-unsaturated/α-hetero) is 1. The third-order valence-electron chi connectivity index (χ3n) is 1.40. The lowest BCUT2D eigenvalue weighted by Gasteiger charge is -1.93. The third-order valence-corrected chi connectivity index (χ3v) is 1.40. The standard InChI is InChI=1S/C5H6F2O/c1-3(8)5(7)2-4(5)6/h4H,2H2,1H3. The maximum absolute atomic E-state index is 12.3. The first kappa shape index (κ1) is 5.66. The fourth-order valence-electron chi connectivity index (χ4n) is 0.566. The van der Waals surface area contributed by atoms with Crippen molar-refractivity contribution in [3.63, 3.8) is 0 Å². The highest BCUT2D eigenvalue weighted by Crippen LogP contribution is 2.43. The Morgan fingerprint density at radius 2 is 2.25 bits per heavy atom. The van der Waals surface area contributed by atoms with Crippen molar-refractivity contribution >= 4 is 5.78 Å². The summed E-state index contributed by atoms with van der Waals surface area (Å²) in [6, 6.07) is 0. The van der Waals surface area contributed by atoms with Crippen LogP contribution in [0, 0.1) is 0 Å². The summed E-state index contributed by atoms with van der Waals surface area (Å²) in [5.74, 6) is -0.690. The number of halogens is 2. The van der Waals surface area contributed by atoms with Crippen molar-refractivity contribution in [1.29, 1.82) is 0 Å². The summed E-state index contributed by atoms with van der Waals surface area (Å²) in [6.07, 6.45) is -1.76. The smallest absolute Gasteiger partial charge is 0.202 e. The molecule has 1 aliphatic rings. The Hall–Kier alpha value is -0.470. The van der Waals surface area contributed by atoms with Gasteiger partial charge in [0.15, 0.2) is 5.78 Å². The van der Waals surface area contributed by atoms with Crippen LogP contribution in [0.3, 0.4) is 0 Å². The van der Waals surface area contributed by atoms with Crippen LogP contribution in [0.2, 0.25) is 0 Å². The molecule has 8 heavy (non-hydrogen) atoms. The molecule has 46 valence electrons. The quantitative estimate of drug-likeness (QED) is 0.505. The molecule has 2 atom stereocenters. The maximum Gasteiger partial charge on any atom is 0.202 e. The van der Waals surface area contributed by atoms with E-state index in [-0.39, 0.29) is 6.42 Å². The Balaban J connectivity index is 2.60. The largest absolute Gasteiger partial charge is 0.296 e. The molecule has 0 radical (unpaired) electrons. The first-order valence-electron chi connectivity index (χ1n) is 2.41. The molecule has 0 aromatic rings. The lowest BCUT2D eigenvalue weighted by atomic mass is 10.3. The van der Waals surface area contributed by atoms with Gasteiger partial charge >= 0.3 is 0 Å². The topological polar surface area (TPSA) is 17.1 Å². The van der Waals surface area contributed by atoms with Gasteiger partial charge in [0.1, 0.15) is 6.17 Å². The predicted octanol–water partition coefficient (Wildman–Crippen LogP) is 1.03. The summed E-state index contributed by atoms with van der Waals surface area (Å²) in [4.78, 5) is 10.1. The normalized spacial score (nSPS) is 44.1. The molecule has 1 aliphatic carbocycles. The van der Waals surface area contributed by atoms with Gasteiger partial charge in [0.2, 0.25) is 5.67 Å². The molecule has 0 heterocycles. The van der Waals surface area contributed by atoms with Crippen LogP contribution in [-0.4, -0.2) is 17.6 Å². The number of alkyl halides is 2. The van der Waals surface area contributed by atoms with Gasteiger partial charge in [-0.05, 0) is 6.92 Å². The minimum absolute atomic E-state index is 0.234. The number of hydrogen-bond acceptors (Lipinski definition) is 1. The molecule has 3 heteroatoms. The zero-order valence-corrected chi connectivity index (χ0v) is 4.45. The Morgan fingerprint density at radius 3 is 2.25 bits per heavy atom. The van der Waals surface area contributed by atoms with Gasteiger partial charge in [-0.25, -0.2) is 8.78 Å². The van der Waals surface area contributed by atoms with E-state index in [4.69, 9.17) is 0 Å². The highest BCUT2D eigenvalue weighted by Gasteiger charge is 2.60. The van der Waals surface area contributed by atoms with E-state index in [2.05, 4.69) is 0 Å². The Bertz CT molecular complexity index is 134. The van der Waals surface area contributed by atoms with Crippen molar-refractivity contribution in [2.75, 3.05) is 0 Å². The highest BCUT2D eigenvalue weighted by molar-refractivity contribution is 5.89. The van der Waals surface area contributed by atoms with Crippen molar-refractivity contribution in [3.05, 3.63) is 0 Å². The van der Waals surface area contributed by atoms with Crippen molar-refractivity contribution in [2.45, 2.75) is 25.2 Å². The molecule has 1 fully saturated rings. The molecule has 0 amide bonds. The van der Waals surface area contributed by atoms with Gasteiger partial charge in [-0.1, -0.05) is 0 Å². The summed E-state index contributed by atoms with van der Waals surface area (Å²) in [5, 5.41) is 0. The minimum atomic E-state index is -2.10. The third kappa shape index (κ3) is 0.538. The molecule has 2 unspecified atom stereocenters. The average molecular weight is 120 g/mol. The molecule has 1 saturated carbocycles. The van der Waals surface area contributed by atoms with E-state index in [9.17, 15) is 13.6 Å². The van der Waals surface area contributed by atoms with E-state index < -0.39 is 17.6 Å². The second-order valence-corrected chi connectivity index (χ2v) is 2.09. The van der Waals surface area contributed by atoms with E-state index in [0.29, 0.717) is 0 Å². The first-order valence-corrected chi connectivity index (χ1v) is 2.41. The minimum Gasteiger partial charge on any atom is -0.296 e. The zero-order chi connectivity index (χ0) is 6.36. The van der Waals surface area contributed by atoms with Crippen LogP contribution in [-0.2, 0) is 4.79 Å². The summed E-state index contributed by atoms with van der Waals surface area (Å²) >= 11 is 0. The van der Waals surface area contributed by atoms with E-state index in [0.717, 1.165) is 6.92 Å². The Morgan fingerprint density at radius 1 is 1.88 bits per heavy atom. The van der Waals surface area contributed by atoms with Crippen LogP contribution in [0.15, 0.2) is 0 Å². The van der Waals surface area contributed by atoms with Crippen LogP contribution >= 0.6 is 0 Å². The molecule has 0 saturated heterocycles. The second kappa shape index (κ2) is 1.27. The molecular weight excluding hydrogens is 114 g/mol. The number of hydrogen-bond donors (Lipinski definition) is 0. The highest BCUT2D eigenvalue weighted by atomic mass is 19.2. The SMILES string of the molecule is CC(=O)C1(F)CC1F. The van der Waals surface area contributed by atoms with Crippen LogP contribution < -0.4 is 0 Å². The van der Waals surface area contributed by atoms with E-state index >= 15 is 0 Å². The van der Waals surface area contributed by atoms with Gasteiger partial charge in [-0.15, -0.1) is 0 Å². The molecule has 0 aromatic heterocycles. The zero-order valence-electron chi connectivity index (χ0n) is 4.45. The number of carbonyl (C=O) groups excluding carboxylic acids is 1. The number of rotatable bonds is 1. The van der Waals surface area contributed by atoms with Gasteiger partial charge in [-0.3, -0.25) is 4.79 Å². The lowest BCUT2D eigenvalue weighted by Crippen LogP contribution is -2.15. The van der Waals surface area contributed by atoms with Gasteiger partial charge in [0.25, 0.3) is 0 Å². The molecule has 0 bridgehead atoms. The fourth-order valence-corrected chi connectivity index (χ4v) is 0.566. The summed E-state index contributed by atoms with van der Waals surface area (Å²) in [6.45, 7) is 1.07. The molecule has 0 aliphatic heterocycles. The van der Waals surface area contributed by atoms with Crippen molar-refractivity contribution < 1.29 is 13.6 Å². The summed E-state index contributed by atoms with van der Waals surface area (Å²) in [5.41, 5.74) is -2.10. The molecule has 0 aromatic carbocycles. The molecule has 1 nitrogen and oxygen atoms in total. The Labute approximate surface area is 45.7 Å². The maximum atomic E-state index is 12.3. The summed E-state index contributed by atoms with van der Waals surface area (Å²) in [7, 11) is 0. The van der Waals surface area contributed by atoms with Crippen LogP contribution in [0.4, 0.5) is 8.78 Å². The second-order valence-electron chi connectivity index (χ2n) is 2.09. The molecule has 0 spiro atoms. The van der Waals surface area contributed by atoms with E-state index in [1.54, 1.807) is 0 Å². The number of ketones is 1.